The highest BCUT2D eigenvalue weighted by Crippen LogP contribution is 2.29. The second kappa shape index (κ2) is 8.03. The Kier molecular flexibility index (Phi) is 6.47. The van der Waals surface area contributed by atoms with Crippen LogP contribution in [0.2, 0.25) is 0 Å². The van der Waals surface area contributed by atoms with Gasteiger partial charge in [-0.2, -0.15) is 13.2 Å². The van der Waals surface area contributed by atoms with Gasteiger partial charge in [-0.05, 0) is 51.1 Å². The average molecular weight is 380 g/mol. The zero-order valence-electron chi connectivity index (χ0n) is 14.2. The molecule has 1 heterocycles. The SMILES string of the molecule is C[C@@H]1CN(CCCNS(=O)(=O)c2ccc(C(F)(F)F)cc2)C[C@H](C)O1. The number of hydrogen-bond acceptors (Lipinski definition) is 4. The molecule has 0 saturated carbocycles. The molecule has 0 aliphatic carbocycles. The third kappa shape index (κ3) is 5.95. The molecule has 1 aromatic carbocycles. The lowest BCUT2D eigenvalue weighted by Crippen LogP contribution is -2.46. The highest BCUT2D eigenvalue weighted by Gasteiger charge is 2.30. The lowest BCUT2D eigenvalue weighted by Gasteiger charge is -2.35. The lowest BCUT2D eigenvalue weighted by molar-refractivity contribution is -0.137. The molecule has 142 valence electrons. The van der Waals surface area contributed by atoms with Crippen molar-refractivity contribution in [3.63, 3.8) is 0 Å². The largest absolute Gasteiger partial charge is 0.416 e. The van der Waals surface area contributed by atoms with Crippen LogP contribution in [0.3, 0.4) is 0 Å². The molecule has 1 fully saturated rings. The topological polar surface area (TPSA) is 58.6 Å². The summed E-state index contributed by atoms with van der Waals surface area (Å²) in [4.78, 5) is 2.04. The van der Waals surface area contributed by atoms with Gasteiger partial charge in [0.05, 0.1) is 22.7 Å². The summed E-state index contributed by atoms with van der Waals surface area (Å²) in [6, 6.07) is 3.48. The van der Waals surface area contributed by atoms with Gasteiger partial charge in [-0.25, -0.2) is 13.1 Å². The Morgan fingerprint density at radius 2 is 1.72 bits per heavy atom. The van der Waals surface area contributed by atoms with Crippen molar-refractivity contribution in [2.24, 2.45) is 0 Å². The fourth-order valence-electron chi connectivity index (χ4n) is 2.88. The molecule has 0 radical (unpaired) electrons. The minimum atomic E-state index is -4.48. The normalized spacial score (nSPS) is 22.9. The predicted molar refractivity (Wildman–Crippen MR) is 87.7 cm³/mol. The summed E-state index contributed by atoms with van der Waals surface area (Å²) in [7, 11) is -3.81. The van der Waals surface area contributed by atoms with E-state index in [1.807, 2.05) is 13.8 Å². The first-order valence-electron chi connectivity index (χ1n) is 8.12. The van der Waals surface area contributed by atoms with Crippen molar-refractivity contribution >= 4 is 10.0 Å². The van der Waals surface area contributed by atoms with Gasteiger partial charge in [0, 0.05) is 19.6 Å². The van der Waals surface area contributed by atoms with Gasteiger partial charge in [0.2, 0.25) is 10.0 Å². The molecule has 0 unspecified atom stereocenters. The van der Waals surface area contributed by atoms with E-state index in [1.54, 1.807) is 0 Å². The highest BCUT2D eigenvalue weighted by atomic mass is 32.2. The minimum Gasteiger partial charge on any atom is -0.373 e. The summed E-state index contributed by atoms with van der Waals surface area (Å²) in [6.07, 6.45) is -3.58. The molecule has 1 N–H and O–H groups in total. The van der Waals surface area contributed by atoms with E-state index in [9.17, 15) is 21.6 Å². The number of ether oxygens (including phenoxy) is 1. The quantitative estimate of drug-likeness (QED) is 0.771. The Morgan fingerprint density at radius 1 is 1.16 bits per heavy atom. The van der Waals surface area contributed by atoms with Crippen molar-refractivity contribution in [2.75, 3.05) is 26.2 Å². The standard InChI is InChI=1S/C16H23F3N2O3S/c1-12-10-21(11-13(2)24-12)9-3-8-20-25(22,23)15-6-4-14(5-7-15)16(17,18)19/h4-7,12-13,20H,3,8-11H2,1-2H3/t12-,13+. The number of nitrogens with zero attached hydrogens (tertiary/aromatic N) is 1. The van der Waals surface area contributed by atoms with E-state index in [4.69, 9.17) is 4.74 Å². The highest BCUT2D eigenvalue weighted by molar-refractivity contribution is 7.89. The fraction of sp³-hybridized carbons (Fsp3) is 0.625. The smallest absolute Gasteiger partial charge is 0.373 e. The van der Waals surface area contributed by atoms with Crippen LogP contribution in [-0.2, 0) is 20.9 Å². The van der Waals surface area contributed by atoms with E-state index in [2.05, 4.69) is 9.62 Å². The number of sulfonamides is 1. The Balaban J connectivity index is 1.83. The van der Waals surface area contributed by atoms with Crippen molar-refractivity contribution in [3.8, 4) is 0 Å². The molecular formula is C16H23F3N2O3S. The molecular weight excluding hydrogens is 357 g/mol. The number of nitrogens with one attached hydrogen (secondary N) is 1. The molecule has 1 aliphatic heterocycles. The molecule has 1 aromatic rings. The first-order valence-corrected chi connectivity index (χ1v) is 9.61. The molecule has 0 bridgehead atoms. The summed E-state index contributed by atoms with van der Waals surface area (Å²) < 4.78 is 69.9. The summed E-state index contributed by atoms with van der Waals surface area (Å²) >= 11 is 0. The van der Waals surface area contributed by atoms with Gasteiger partial charge in [0.15, 0.2) is 0 Å². The van der Waals surface area contributed by atoms with E-state index in [1.165, 1.54) is 0 Å². The van der Waals surface area contributed by atoms with Crippen molar-refractivity contribution in [1.82, 2.24) is 9.62 Å². The monoisotopic (exact) mass is 380 g/mol. The second-order valence-corrected chi connectivity index (χ2v) is 8.06. The molecule has 0 amide bonds. The van der Waals surface area contributed by atoms with E-state index in [0.29, 0.717) is 6.42 Å². The number of rotatable bonds is 6. The van der Waals surface area contributed by atoms with E-state index >= 15 is 0 Å². The van der Waals surface area contributed by atoms with Crippen molar-refractivity contribution in [1.29, 1.82) is 0 Å². The third-order valence-corrected chi connectivity index (χ3v) is 5.41. The predicted octanol–water partition coefficient (Wildman–Crippen LogP) is 2.48. The molecule has 25 heavy (non-hydrogen) atoms. The molecule has 0 aromatic heterocycles. The van der Waals surface area contributed by atoms with Gasteiger partial charge in [-0.1, -0.05) is 0 Å². The van der Waals surface area contributed by atoms with Crippen LogP contribution in [0.4, 0.5) is 13.2 Å². The van der Waals surface area contributed by atoms with Crippen LogP contribution in [0.5, 0.6) is 0 Å². The van der Waals surface area contributed by atoms with Gasteiger partial charge < -0.3 is 4.74 Å². The number of halogens is 3. The Morgan fingerprint density at radius 3 is 2.24 bits per heavy atom. The van der Waals surface area contributed by atoms with Crippen molar-refractivity contribution < 1.29 is 26.3 Å². The molecule has 5 nitrogen and oxygen atoms in total. The van der Waals surface area contributed by atoms with E-state index < -0.39 is 21.8 Å². The van der Waals surface area contributed by atoms with Crippen molar-refractivity contribution in [3.05, 3.63) is 29.8 Å². The Hall–Kier alpha value is -1.16. The van der Waals surface area contributed by atoms with E-state index in [0.717, 1.165) is 43.9 Å². The number of benzene rings is 1. The van der Waals surface area contributed by atoms with Gasteiger partial charge in [-0.15, -0.1) is 0 Å². The summed E-state index contributed by atoms with van der Waals surface area (Å²) in [5.74, 6) is 0. The number of hydrogen-bond donors (Lipinski definition) is 1. The third-order valence-electron chi connectivity index (χ3n) is 3.93. The first kappa shape index (κ1) is 20.2. The van der Waals surface area contributed by atoms with Gasteiger partial charge in [0.1, 0.15) is 0 Å². The van der Waals surface area contributed by atoms with Crippen LogP contribution in [0.25, 0.3) is 0 Å². The second-order valence-electron chi connectivity index (χ2n) is 6.29. The molecule has 1 saturated heterocycles. The van der Waals surface area contributed by atoms with Crippen LogP contribution >= 0.6 is 0 Å². The molecule has 0 spiro atoms. The van der Waals surface area contributed by atoms with Crippen LogP contribution < -0.4 is 4.72 Å². The fourth-order valence-corrected chi connectivity index (χ4v) is 3.96. The van der Waals surface area contributed by atoms with E-state index in [-0.39, 0.29) is 23.6 Å². The molecule has 2 rings (SSSR count). The van der Waals surface area contributed by atoms with Crippen LogP contribution in [0.1, 0.15) is 25.8 Å². The van der Waals surface area contributed by atoms with Crippen LogP contribution in [0.15, 0.2) is 29.2 Å². The molecule has 9 heteroatoms. The Bertz CT molecular complexity index is 652. The van der Waals surface area contributed by atoms with Gasteiger partial charge in [0.25, 0.3) is 0 Å². The first-order chi connectivity index (χ1) is 11.6. The average Bonchev–Trinajstić information content (AvgIpc) is 2.50. The molecule has 1 aliphatic rings. The number of morpholine rings is 1. The lowest BCUT2D eigenvalue weighted by atomic mass is 10.2. The maximum atomic E-state index is 12.5. The number of alkyl halides is 3. The summed E-state index contributed by atoms with van der Waals surface area (Å²) in [5, 5.41) is 0. The molecule has 2 atom stereocenters. The maximum absolute atomic E-state index is 12.5. The Labute approximate surface area is 146 Å². The summed E-state index contributed by atoms with van der Waals surface area (Å²) in [5.41, 5.74) is -0.873. The zero-order chi connectivity index (χ0) is 18.7. The van der Waals surface area contributed by atoms with Crippen LogP contribution in [-0.4, -0.2) is 51.7 Å². The van der Waals surface area contributed by atoms with Gasteiger partial charge in [-0.3, -0.25) is 4.90 Å². The summed E-state index contributed by atoms with van der Waals surface area (Å²) in [6.45, 7) is 6.55. The zero-order valence-corrected chi connectivity index (χ0v) is 15.0. The minimum absolute atomic E-state index is 0.146. The van der Waals surface area contributed by atoms with Crippen LogP contribution in [0, 0.1) is 0 Å². The maximum Gasteiger partial charge on any atom is 0.416 e. The van der Waals surface area contributed by atoms with Crippen molar-refractivity contribution in [2.45, 2.75) is 43.5 Å². The van der Waals surface area contributed by atoms with Gasteiger partial charge >= 0.3 is 6.18 Å².